The highest BCUT2D eigenvalue weighted by molar-refractivity contribution is 6.33. The first kappa shape index (κ1) is 13.0. The van der Waals surface area contributed by atoms with Gasteiger partial charge in [-0.2, -0.15) is 0 Å². The molecule has 0 spiro atoms. The van der Waals surface area contributed by atoms with Crippen LogP contribution in [0.5, 0.6) is 0 Å². The Labute approximate surface area is 110 Å². The fraction of sp³-hybridized carbons (Fsp3) is 0.545. The fourth-order valence-corrected chi connectivity index (χ4v) is 2.39. The smallest absolute Gasteiger partial charge is 0.289 e. The number of nitrogens with two attached hydrogens (primary N) is 1. The van der Waals surface area contributed by atoms with Gasteiger partial charge in [-0.25, -0.2) is 4.98 Å². The van der Waals surface area contributed by atoms with Gasteiger partial charge in [-0.1, -0.05) is 18.5 Å². The Bertz CT molecular complexity index is 468. The highest BCUT2D eigenvalue weighted by Gasteiger charge is 2.25. The number of nitro groups is 1. The summed E-state index contributed by atoms with van der Waals surface area (Å²) in [6.45, 7) is 3.62. The lowest BCUT2D eigenvalue weighted by Gasteiger charge is -2.36. The topological polar surface area (TPSA) is 85.3 Å². The van der Waals surface area contributed by atoms with Crippen LogP contribution in [0.25, 0.3) is 0 Å². The van der Waals surface area contributed by atoms with Gasteiger partial charge in [0, 0.05) is 25.2 Å². The first-order valence-corrected chi connectivity index (χ1v) is 6.17. The highest BCUT2D eigenvalue weighted by atomic mass is 35.5. The average molecular weight is 271 g/mol. The van der Waals surface area contributed by atoms with Crippen LogP contribution < -0.4 is 10.6 Å². The standard InChI is InChI=1S/C11H15ClN4O2/c1-7-6-15(3-2-10(7)13)11-9(12)4-8(5-14-11)16(17)18/h4-5,7,10H,2-3,6,13H2,1H3. The molecule has 2 atom stereocenters. The van der Waals surface area contributed by atoms with Gasteiger partial charge in [0.2, 0.25) is 0 Å². The van der Waals surface area contributed by atoms with E-state index in [1.807, 2.05) is 4.90 Å². The Morgan fingerprint density at radius 3 is 2.94 bits per heavy atom. The predicted molar refractivity (Wildman–Crippen MR) is 69.9 cm³/mol. The van der Waals surface area contributed by atoms with Crippen molar-refractivity contribution in [1.82, 2.24) is 4.98 Å². The van der Waals surface area contributed by atoms with Crippen LogP contribution in [0.15, 0.2) is 12.3 Å². The molecule has 1 aliphatic rings. The molecule has 18 heavy (non-hydrogen) atoms. The first-order valence-electron chi connectivity index (χ1n) is 5.79. The molecule has 0 bridgehead atoms. The zero-order valence-electron chi connectivity index (χ0n) is 10.0. The predicted octanol–water partition coefficient (Wildman–Crippen LogP) is 1.82. The van der Waals surface area contributed by atoms with E-state index in [2.05, 4.69) is 11.9 Å². The number of hydrogen-bond acceptors (Lipinski definition) is 5. The molecule has 0 amide bonds. The molecule has 98 valence electrons. The monoisotopic (exact) mass is 270 g/mol. The minimum Gasteiger partial charge on any atom is -0.355 e. The van der Waals surface area contributed by atoms with Gasteiger partial charge in [-0.05, 0) is 12.3 Å². The van der Waals surface area contributed by atoms with Crippen LogP contribution in [0.4, 0.5) is 11.5 Å². The molecule has 2 rings (SSSR count). The summed E-state index contributed by atoms with van der Waals surface area (Å²) in [6.07, 6.45) is 2.11. The van der Waals surface area contributed by atoms with Crippen LogP contribution in [0.3, 0.4) is 0 Å². The molecule has 0 saturated carbocycles. The van der Waals surface area contributed by atoms with E-state index in [1.54, 1.807) is 0 Å². The Kier molecular flexibility index (Phi) is 3.68. The SMILES string of the molecule is CC1CN(c2ncc([N+](=O)[O-])cc2Cl)CCC1N. The van der Waals surface area contributed by atoms with E-state index in [0.29, 0.717) is 16.8 Å². The number of hydrogen-bond donors (Lipinski definition) is 1. The zero-order chi connectivity index (χ0) is 13.3. The largest absolute Gasteiger partial charge is 0.355 e. The fourth-order valence-electron chi connectivity index (χ4n) is 2.11. The number of aromatic nitrogens is 1. The van der Waals surface area contributed by atoms with Crippen molar-refractivity contribution in [3.8, 4) is 0 Å². The van der Waals surface area contributed by atoms with Gasteiger partial charge in [0.05, 0.1) is 9.95 Å². The molecule has 1 aliphatic heterocycles. The lowest BCUT2D eigenvalue weighted by Crippen LogP contribution is -2.46. The normalized spacial score (nSPS) is 24.1. The summed E-state index contributed by atoms with van der Waals surface area (Å²) in [4.78, 5) is 16.2. The molecule has 2 unspecified atom stereocenters. The Morgan fingerprint density at radius 2 is 2.39 bits per heavy atom. The van der Waals surface area contributed by atoms with Gasteiger partial charge < -0.3 is 10.6 Å². The van der Waals surface area contributed by atoms with Crippen molar-refractivity contribution in [2.24, 2.45) is 11.7 Å². The van der Waals surface area contributed by atoms with Gasteiger partial charge in [0.15, 0.2) is 0 Å². The van der Waals surface area contributed by atoms with Crippen LogP contribution in [-0.4, -0.2) is 29.0 Å². The van der Waals surface area contributed by atoms with Crippen molar-refractivity contribution in [1.29, 1.82) is 0 Å². The molecule has 2 heterocycles. The lowest BCUT2D eigenvalue weighted by molar-refractivity contribution is -0.385. The quantitative estimate of drug-likeness (QED) is 0.654. The van der Waals surface area contributed by atoms with Crippen molar-refractivity contribution in [2.75, 3.05) is 18.0 Å². The summed E-state index contributed by atoms with van der Waals surface area (Å²) < 4.78 is 0. The molecule has 0 aliphatic carbocycles. The van der Waals surface area contributed by atoms with E-state index < -0.39 is 4.92 Å². The van der Waals surface area contributed by atoms with E-state index in [0.717, 1.165) is 19.5 Å². The maximum absolute atomic E-state index is 10.6. The van der Waals surface area contributed by atoms with Gasteiger partial charge in [-0.3, -0.25) is 10.1 Å². The summed E-state index contributed by atoms with van der Waals surface area (Å²) in [6, 6.07) is 1.53. The van der Waals surface area contributed by atoms with Crippen molar-refractivity contribution in [3.05, 3.63) is 27.4 Å². The van der Waals surface area contributed by atoms with Crippen molar-refractivity contribution < 1.29 is 4.92 Å². The number of rotatable bonds is 2. The summed E-state index contributed by atoms with van der Waals surface area (Å²) >= 11 is 6.05. The molecule has 6 nitrogen and oxygen atoms in total. The highest BCUT2D eigenvalue weighted by Crippen LogP contribution is 2.29. The van der Waals surface area contributed by atoms with Crippen LogP contribution in [-0.2, 0) is 0 Å². The van der Waals surface area contributed by atoms with Crippen molar-refractivity contribution in [2.45, 2.75) is 19.4 Å². The van der Waals surface area contributed by atoms with E-state index >= 15 is 0 Å². The number of anilines is 1. The van der Waals surface area contributed by atoms with Crippen LogP contribution in [0.1, 0.15) is 13.3 Å². The minimum absolute atomic E-state index is 0.0921. The molecule has 0 radical (unpaired) electrons. The summed E-state index contributed by atoms with van der Waals surface area (Å²) in [5, 5.41) is 10.9. The maximum Gasteiger partial charge on any atom is 0.289 e. The molecule has 7 heteroatoms. The first-order chi connectivity index (χ1) is 8.49. The van der Waals surface area contributed by atoms with Crippen LogP contribution >= 0.6 is 11.6 Å². The third kappa shape index (κ3) is 2.54. The van der Waals surface area contributed by atoms with E-state index in [1.165, 1.54) is 12.3 Å². The van der Waals surface area contributed by atoms with E-state index in [4.69, 9.17) is 17.3 Å². The van der Waals surface area contributed by atoms with E-state index in [9.17, 15) is 10.1 Å². The second-order valence-electron chi connectivity index (χ2n) is 4.63. The molecular weight excluding hydrogens is 256 g/mol. The van der Waals surface area contributed by atoms with Crippen LogP contribution in [0.2, 0.25) is 5.02 Å². The average Bonchev–Trinajstić information content (AvgIpc) is 2.32. The third-order valence-electron chi connectivity index (χ3n) is 3.29. The summed E-state index contributed by atoms with van der Waals surface area (Å²) in [5.41, 5.74) is 5.86. The molecule has 1 fully saturated rings. The van der Waals surface area contributed by atoms with Crippen LogP contribution in [0, 0.1) is 16.0 Å². The van der Waals surface area contributed by atoms with Crippen molar-refractivity contribution >= 4 is 23.1 Å². The maximum atomic E-state index is 10.6. The second-order valence-corrected chi connectivity index (χ2v) is 5.04. The molecule has 0 aromatic carbocycles. The Hall–Kier alpha value is -1.40. The number of pyridine rings is 1. The van der Waals surface area contributed by atoms with Gasteiger partial charge in [0.25, 0.3) is 5.69 Å². The molecule has 1 aromatic heterocycles. The summed E-state index contributed by atoms with van der Waals surface area (Å²) in [5.74, 6) is 0.952. The number of nitrogens with zero attached hydrogens (tertiary/aromatic N) is 3. The van der Waals surface area contributed by atoms with Gasteiger partial charge >= 0.3 is 0 Å². The van der Waals surface area contributed by atoms with Gasteiger partial charge in [0.1, 0.15) is 12.0 Å². The van der Waals surface area contributed by atoms with E-state index in [-0.39, 0.29) is 11.7 Å². The molecule has 1 saturated heterocycles. The Morgan fingerprint density at radius 1 is 1.67 bits per heavy atom. The second kappa shape index (κ2) is 5.07. The number of piperidine rings is 1. The minimum atomic E-state index is -0.503. The third-order valence-corrected chi connectivity index (χ3v) is 3.57. The molecule has 2 N–H and O–H groups in total. The van der Waals surface area contributed by atoms with Gasteiger partial charge in [-0.15, -0.1) is 0 Å². The lowest BCUT2D eigenvalue weighted by atomic mass is 9.95. The molecule has 1 aromatic rings. The Balaban J connectivity index is 2.21. The molecular formula is C11H15ClN4O2. The zero-order valence-corrected chi connectivity index (χ0v) is 10.8. The van der Waals surface area contributed by atoms with Crippen molar-refractivity contribution in [3.63, 3.8) is 0 Å². The number of halogens is 1. The summed E-state index contributed by atoms with van der Waals surface area (Å²) in [7, 11) is 0.